The molecule has 8 heteroatoms. The molecule has 0 unspecified atom stereocenters. The highest BCUT2D eigenvalue weighted by Crippen LogP contribution is 2.29. The lowest BCUT2D eigenvalue weighted by atomic mass is 10.3. The molecule has 1 aliphatic rings. The van der Waals surface area contributed by atoms with Crippen LogP contribution in [0.1, 0.15) is 23.3 Å². The van der Waals surface area contributed by atoms with E-state index in [0.717, 1.165) is 23.8 Å². The van der Waals surface area contributed by atoms with Crippen LogP contribution < -0.4 is 11.2 Å². The van der Waals surface area contributed by atoms with Gasteiger partial charge in [-0.3, -0.25) is 19.4 Å². The van der Waals surface area contributed by atoms with Crippen LogP contribution in [0.3, 0.4) is 0 Å². The molecule has 0 atom stereocenters. The minimum atomic E-state index is -1.14. The van der Waals surface area contributed by atoms with Gasteiger partial charge in [0.05, 0.1) is 0 Å². The van der Waals surface area contributed by atoms with Crippen LogP contribution in [0, 0.1) is 5.92 Å². The molecule has 0 aromatic carbocycles. The molecule has 1 aliphatic carbocycles. The summed E-state index contributed by atoms with van der Waals surface area (Å²) in [6.07, 6.45) is 1.91. The number of H-pyrrole nitrogens is 2. The van der Waals surface area contributed by atoms with Gasteiger partial charge >= 0.3 is 11.7 Å². The fourth-order valence-electron chi connectivity index (χ4n) is 1.75. The van der Waals surface area contributed by atoms with Crippen LogP contribution in [0.15, 0.2) is 15.7 Å². The van der Waals surface area contributed by atoms with Crippen molar-refractivity contribution in [2.24, 2.45) is 5.92 Å². The monoisotopic (exact) mass is 267 g/mol. The lowest BCUT2D eigenvalue weighted by molar-refractivity contribution is -0.137. The number of aromatic amines is 2. The molecule has 1 amide bonds. The molecule has 19 heavy (non-hydrogen) atoms. The van der Waals surface area contributed by atoms with Gasteiger partial charge in [-0.15, -0.1) is 0 Å². The Morgan fingerprint density at radius 2 is 2.00 bits per heavy atom. The Labute approximate surface area is 107 Å². The molecule has 0 bridgehead atoms. The summed E-state index contributed by atoms with van der Waals surface area (Å²) in [5, 5.41) is 8.79. The molecular weight excluding hydrogens is 254 g/mol. The van der Waals surface area contributed by atoms with Crippen LogP contribution >= 0.6 is 0 Å². The second-order valence-corrected chi connectivity index (χ2v) is 4.52. The molecule has 2 rings (SSSR count). The van der Waals surface area contributed by atoms with Gasteiger partial charge < -0.3 is 15.0 Å². The van der Waals surface area contributed by atoms with E-state index in [0.29, 0.717) is 12.5 Å². The Hall–Kier alpha value is -2.38. The first-order chi connectivity index (χ1) is 8.95. The minimum Gasteiger partial charge on any atom is -0.480 e. The van der Waals surface area contributed by atoms with Gasteiger partial charge in [-0.2, -0.15) is 0 Å². The maximum atomic E-state index is 12.1. The predicted octanol–water partition coefficient (Wildman–Crippen LogP) is -1.000. The largest absolute Gasteiger partial charge is 0.480 e. The number of nitrogens with one attached hydrogen (secondary N) is 2. The van der Waals surface area contributed by atoms with E-state index >= 15 is 0 Å². The van der Waals surface area contributed by atoms with Crippen molar-refractivity contribution in [3.05, 3.63) is 32.6 Å². The van der Waals surface area contributed by atoms with Gasteiger partial charge in [-0.05, 0) is 18.8 Å². The molecule has 3 N–H and O–H groups in total. The van der Waals surface area contributed by atoms with Gasteiger partial charge in [-0.1, -0.05) is 0 Å². The number of nitrogens with zero attached hydrogens (tertiary/aromatic N) is 1. The summed E-state index contributed by atoms with van der Waals surface area (Å²) >= 11 is 0. The van der Waals surface area contributed by atoms with E-state index in [1.54, 1.807) is 0 Å². The van der Waals surface area contributed by atoms with E-state index in [4.69, 9.17) is 5.11 Å². The van der Waals surface area contributed by atoms with Crippen molar-refractivity contribution < 1.29 is 14.7 Å². The van der Waals surface area contributed by atoms with Crippen molar-refractivity contribution in [3.63, 3.8) is 0 Å². The first-order valence-electron chi connectivity index (χ1n) is 5.80. The molecule has 8 nitrogen and oxygen atoms in total. The maximum absolute atomic E-state index is 12.1. The van der Waals surface area contributed by atoms with Crippen LogP contribution in [0.4, 0.5) is 0 Å². The highest BCUT2D eigenvalue weighted by Gasteiger charge is 2.28. The number of rotatable bonds is 5. The number of carboxylic acids is 1. The Kier molecular flexibility index (Phi) is 3.50. The zero-order valence-electron chi connectivity index (χ0n) is 10.0. The summed E-state index contributed by atoms with van der Waals surface area (Å²) in [5.74, 6) is -1.49. The van der Waals surface area contributed by atoms with Crippen molar-refractivity contribution in [2.45, 2.75) is 12.8 Å². The average Bonchev–Trinajstić information content (AvgIpc) is 3.09. The van der Waals surface area contributed by atoms with E-state index in [1.165, 1.54) is 0 Å². The number of carbonyl (C=O) groups is 2. The molecule has 0 spiro atoms. The molecule has 1 heterocycles. The van der Waals surface area contributed by atoms with E-state index in [2.05, 4.69) is 4.98 Å². The third kappa shape index (κ3) is 3.54. The van der Waals surface area contributed by atoms with Crippen molar-refractivity contribution in [2.75, 3.05) is 13.1 Å². The van der Waals surface area contributed by atoms with Gasteiger partial charge in [0, 0.05) is 12.6 Å². The second kappa shape index (κ2) is 5.09. The topological polar surface area (TPSA) is 123 Å². The van der Waals surface area contributed by atoms with Gasteiger partial charge in [0.15, 0.2) is 0 Å². The fraction of sp³-hybridized carbons (Fsp3) is 0.455. The number of carboxylic acid groups (broad SMARTS) is 1. The molecular formula is C11H13N3O5. The van der Waals surface area contributed by atoms with Crippen molar-refractivity contribution in [3.8, 4) is 0 Å². The van der Waals surface area contributed by atoms with Crippen molar-refractivity contribution in [1.82, 2.24) is 14.9 Å². The predicted molar refractivity (Wildman–Crippen MR) is 63.9 cm³/mol. The van der Waals surface area contributed by atoms with E-state index in [-0.39, 0.29) is 5.69 Å². The summed E-state index contributed by atoms with van der Waals surface area (Å²) < 4.78 is 0. The lowest BCUT2D eigenvalue weighted by Crippen LogP contribution is -2.39. The maximum Gasteiger partial charge on any atom is 0.326 e. The zero-order chi connectivity index (χ0) is 14.0. The van der Waals surface area contributed by atoms with Gasteiger partial charge in [-0.25, -0.2) is 4.79 Å². The van der Waals surface area contributed by atoms with Crippen LogP contribution in [0.25, 0.3) is 0 Å². The van der Waals surface area contributed by atoms with Gasteiger partial charge in [0.25, 0.3) is 11.5 Å². The standard InChI is InChI=1S/C11H13N3O5/c15-8-3-7(12-11(19)13-8)10(18)14(5-9(16)17)4-6-1-2-6/h3,6H,1-2,4-5H2,(H,16,17)(H2,12,13,15,19). The highest BCUT2D eigenvalue weighted by molar-refractivity contribution is 5.94. The SMILES string of the molecule is O=C(O)CN(CC1CC1)C(=O)c1cc(=O)[nH]c(=O)[nH]1. The molecule has 102 valence electrons. The quantitative estimate of drug-likeness (QED) is 0.631. The number of aromatic nitrogens is 2. The fourth-order valence-corrected chi connectivity index (χ4v) is 1.75. The smallest absolute Gasteiger partial charge is 0.326 e. The van der Waals surface area contributed by atoms with Crippen LogP contribution in [0.5, 0.6) is 0 Å². The summed E-state index contributed by atoms with van der Waals surface area (Å²) in [4.78, 5) is 50.3. The Balaban J connectivity index is 2.23. The summed E-state index contributed by atoms with van der Waals surface area (Å²) in [6.45, 7) is -0.135. The van der Waals surface area contributed by atoms with E-state index < -0.39 is 29.7 Å². The third-order valence-corrected chi connectivity index (χ3v) is 2.78. The highest BCUT2D eigenvalue weighted by atomic mass is 16.4. The molecule has 1 aromatic heterocycles. The molecule has 1 saturated carbocycles. The number of hydrogen-bond acceptors (Lipinski definition) is 4. The summed E-state index contributed by atoms with van der Waals surface area (Å²) in [7, 11) is 0. The summed E-state index contributed by atoms with van der Waals surface area (Å²) in [5.41, 5.74) is -1.69. The van der Waals surface area contributed by atoms with Crippen molar-refractivity contribution >= 4 is 11.9 Å². The second-order valence-electron chi connectivity index (χ2n) is 4.52. The van der Waals surface area contributed by atoms with E-state index in [1.807, 2.05) is 4.98 Å². The van der Waals surface area contributed by atoms with E-state index in [9.17, 15) is 19.2 Å². The Bertz CT molecular complexity index is 585. The Morgan fingerprint density at radius 1 is 1.32 bits per heavy atom. The van der Waals surface area contributed by atoms with Crippen molar-refractivity contribution in [1.29, 1.82) is 0 Å². The lowest BCUT2D eigenvalue weighted by Gasteiger charge is -2.20. The minimum absolute atomic E-state index is 0.198. The number of aliphatic carboxylic acids is 1. The van der Waals surface area contributed by atoms with Crippen LogP contribution in [-0.4, -0.2) is 44.9 Å². The van der Waals surface area contributed by atoms with Crippen LogP contribution in [0.2, 0.25) is 0 Å². The third-order valence-electron chi connectivity index (χ3n) is 2.78. The molecule has 1 fully saturated rings. The van der Waals surface area contributed by atoms with Crippen LogP contribution in [-0.2, 0) is 4.79 Å². The summed E-state index contributed by atoms with van der Waals surface area (Å²) in [6, 6.07) is 0.950. The number of hydrogen-bond donors (Lipinski definition) is 3. The zero-order valence-corrected chi connectivity index (χ0v) is 10.0. The Morgan fingerprint density at radius 3 is 2.53 bits per heavy atom. The van der Waals surface area contributed by atoms with Gasteiger partial charge in [0.2, 0.25) is 0 Å². The molecule has 0 radical (unpaired) electrons. The average molecular weight is 267 g/mol. The first-order valence-corrected chi connectivity index (χ1v) is 5.80. The molecule has 0 aliphatic heterocycles. The molecule has 1 aromatic rings. The number of amides is 1. The number of carbonyl (C=O) groups excluding carboxylic acids is 1. The normalized spacial score (nSPS) is 14.1. The molecule has 0 saturated heterocycles. The van der Waals surface area contributed by atoms with Gasteiger partial charge in [0.1, 0.15) is 12.2 Å². The first kappa shape index (κ1) is 13.1.